The van der Waals surface area contributed by atoms with Gasteiger partial charge < -0.3 is 29.9 Å². The Hall–Kier alpha value is -4.20. The number of aromatic amines is 1. The SMILES string of the molecule is CCN1CCN(Cc2ccc(NC(=O)N3Cc4cc(Oc5ccnc6[nH]c(CO)cc56)cnc4[C@@H](C)C3)cc2C(F)(F)F)CC1. The molecule has 0 spiro atoms. The van der Waals surface area contributed by atoms with Crippen molar-refractivity contribution in [3.05, 3.63) is 76.9 Å². The quantitative estimate of drug-likeness (QED) is 0.248. The summed E-state index contributed by atoms with van der Waals surface area (Å²) in [6, 6.07) is 8.85. The average molecular weight is 624 g/mol. The molecule has 1 fully saturated rings. The highest BCUT2D eigenvalue weighted by Crippen LogP contribution is 2.36. The molecule has 0 saturated carbocycles. The highest BCUT2D eigenvalue weighted by Gasteiger charge is 2.35. The van der Waals surface area contributed by atoms with E-state index in [0.29, 0.717) is 47.9 Å². The first kappa shape index (κ1) is 30.8. The number of ether oxygens (including phenoxy) is 1. The number of hydrogen-bond acceptors (Lipinski definition) is 7. The number of benzene rings is 1. The fraction of sp³-hybridized carbons (Fsp3) is 0.406. The van der Waals surface area contributed by atoms with Gasteiger partial charge in [-0.05, 0) is 48.0 Å². The minimum Gasteiger partial charge on any atom is -0.455 e. The maximum absolute atomic E-state index is 14.1. The van der Waals surface area contributed by atoms with Crippen molar-refractivity contribution in [1.29, 1.82) is 0 Å². The maximum Gasteiger partial charge on any atom is 0.416 e. The summed E-state index contributed by atoms with van der Waals surface area (Å²) >= 11 is 0. The Morgan fingerprint density at radius 1 is 1.11 bits per heavy atom. The second-order valence-electron chi connectivity index (χ2n) is 11.6. The van der Waals surface area contributed by atoms with E-state index in [1.807, 2.05) is 17.9 Å². The fourth-order valence-corrected chi connectivity index (χ4v) is 6.09. The van der Waals surface area contributed by atoms with Crippen molar-refractivity contribution >= 4 is 22.8 Å². The third kappa shape index (κ3) is 6.75. The molecule has 4 aromatic rings. The number of piperazine rings is 1. The summed E-state index contributed by atoms with van der Waals surface area (Å²) in [4.78, 5) is 31.1. The number of carbonyl (C=O) groups excluding carboxylic acids is 1. The Morgan fingerprint density at radius 2 is 1.89 bits per heavy atom. The van der Waals surface area contributed by atoms with Crippen LogP contribution in [0.1, 0.15) is 47.8 Å². The lowest BCUT2D eigenvalue weighted by atomic mass is 9.96. The van der Waals surface area contributed by atoms with Crippen molar-refractivity contribution in [3.63, 3.8) is 0 Å². The molecule has 10 nitrogen and oxygen atoms in total. The number of rotatable bonds is 7. The van der Waals surface area contributed by atoms with Gasteiger partial charge in [0.25, 0.3) is 0 Å². The number of halogens is 3. The summed E-state index contributed by atoms with van der Waals surface area (Å²) in [6.45, 7) is 8.66. The van der Waals surface area contributed by atoms with Crippen LogP contribution in [-0.4, -0.2) is 80.1 Å². The second kappa shape index (κ2) is 12.7. The van der Waals surface area contributed by atoms with Crippen LogP contribution in [0.25, 0.3) is 11.0 Å². The number of nitrogens with one attached hydrogen (secondary N) is 2. The first-order chi connectivity index (χ1) is 21.6. The number of amides is 2. The fourth-order valence-electron chi connectivity index (χ4n) is 6.09. The van der Waals surface area contributed by atoms with Gasteiger partial charge in [-0.3, -0.25) is 9.88 Å². The van der Waals surface area contributed by atoms with Gasteiger partial charge in [0.1, 0.15) is 17.1 Å². The van der Waals surface area contributed by atoms with Gasteiger partial charge in [0.15, 0.2) is 0 Å². The van der Waals surface area contributed by atoms with E-state index in [4.69, 9.17) is 4.74 Å². The molecule has 0 radical (unpaired) electrons. The zero-order valence-corrected chi connectivity index (χ0v) is 25.2. The molecular formula is C32H36F3N7O3. The average Bonchev–Trinajstić information content (AvgIpc) is 3.46. The van der Waals surface area contributed by atoms with Crippen LogP contribution < -0.4 is 10.1 Å². The molecule has 238 valence electrons. The Labute approximate surface area is 258 Å². The largest absolute Gasteiger partial charge is 0.455 e. The lowest BCUT2D eigenvalue weighted by Crippen LogP contribution is -2.45. The molecule has 45 heavy (non-hydrogen) atoms. The topological polar surface area (TPSA) is 110 Å². The van der Waals surface area contributed by atoms with Crippen LogP contribution in [0, 0.1) is 0 Å². The number of aliphatic hydroxyl groups excluding tert-OH is 1. The Balaban J connectivity index is 1.16. The van der Waals surface area contributed by atoms with Crippen molar-refractivity contribution in [2.75, 3.05) is 44.6 Å². The molecule has 2 aliphatic heterocycles. The number of pyridine rings is 2. The summed E-state index contributed by atoms with van der Waals surface area (Å²) in [5.41, 5.74) is 2.36. The smallest absolute Gasteiger partial charge is 0.416 e. The molecule has 1 saturated heterocycles. The number of hydrogen-bond donors (Lipinski definition) is 3. The summed E-state index contributed by atoms with van der Waals surface area (Å²) in [6.07, 6.45) is -1.33. The van der Waals surface area contributed by atoms with E-state index in [-0.39, 0.29) is 36.9 Å². The van der Waals surface area contributed by atoms with E-state index < -0.39 is 17.8 Å². The Bertz CT molecular complexity index is 1680. The number of aliphatic hydroxyl groups is 1. The number of H-pyrrole nitrogens is 1. The van der Waals surface area contributed by atoms with Crippen LogP contribution in [0.2, 0.25) is 0 Å². The van der Waals surface area contributed by atoms with Crippen LogP contribution >= 0.6 is 0 Å². The van der Waals surface area contributed by atoms with Gasteiger partial charge in [0.2, 0.25) is 0 Å². The van der Waals surface area contributed by atoms with E-state index in [1.54, 1.807) is 29.4 Å². The van der Waals surface area contributed by atoms with Gasteiger partial charge in [-0.1, -0.05) is 19.9 Å². The summed E-state index contributed by atoms with van der Waals surface area (Å²) in [5.74, 6) is 0.895. The third-order valence-electron chi connectivity index (χ3n) is 8.50. The van der Waals surface area contributed by atoms with Gasteiger partial charge in [-0.2, -0.15) is 13.2 Å². The number of nitrogens with zero attached hydrogens (tertiary/aromatic N) is 5. The maximum atomic E-state index is 14.1. The number of likely N-dealkylation sites (N-methyl/N-ethyl adjacent to an activating group) is 1. The highest BCUT2D eigenvalue weighted by molar-refractivity contribution is 5.89. The highest BCUT2D eigenvalue weighted by atomic mass is 19.4. The van der Waals surface area contributed by atoms with E-state index in [1.165, 1.54) is 12.1 Å². The Kier molecular flexibility index (Phi) is 8.67. The summed E-state index contributed by atoms with van der Waals surface area (Å²) < 4.78 is 48.5. The number of fused-ring (bicyclic) bond motifs is 2. The molecule has 0 aliphatic carbocycles. The van der Waals surface area contributed by atoms with E-state index >= 15 is 0 Å². The van der Waals surface area contributed by atoms with Crippen molar-refractivity contribution < 1.29 is 27.8 Å². The minimum atomic E-state index is -4.55. The van der Waals surface area contributed by atoms with E-state index in [9.17, 15) is 23.1 Å². The van der Waals surface area contributed by atoms with Gasteiger partial charge in [0, 0.05) is 69.3 Å². The predicted molar refractivity (Wildman–Crippen MR) is 163 cm³/mol. The van der Waals surface area contributed by atoms with Crippen LogP contribution in [0.15, 0.2) is 48.8 Å². The summed E-state index contributed by atoms with van der Waals surface area (Å²) in [7, 11) is 0. The minimum absolute atomic E-state index is 0.0935. The van der Waals surface area contributed by atoms with Gasteiger partial charge in [-0.15, -0.1) is 0 Å². The molecule has 1 aromatic carbocycles. The lowest BCUT2D eigenvalue weighted by Gasteiger charge is -2.34. The number of urea groups is 1. The standard InChI is InChI=1S/C32H36F3N7O3/c1-3-40-8-10-41(11-9-40)17-21-4-5-23(14-27(21)32(33,34)35)39-31(44)42-16-20(2)29-22(18-42)12-25(15-37-29)45-28-6-7-36-30-26(28)13-24(19-43)38-30/h4-7,12-15,20,43H,3,8-11,16-19H2,1-2H3,(H,36,38)(H,39,44)/t20-/m0/s1. The van der Waals surface area contributed by atoms with E-state index in [2.05, 4.69) is 32.1 Å². The van der Waals surface area contributed by atoms with Crippen LogP contribution in [0.4, 0.5) is 23.7 Å². The molecular weight excluding hydrogens is 587 g/mol. The monoisotopic (exact) mass is 623 g/mol. The zero-order chi connectivity index (χ0) is 31.7. The van der Waals surface area contributed by atoms with E-state index in [0.717, 1.165) is 37.0 Å². The molecule has 3 aromatic heterocycles. The number of alkyl halides is 3. The normalized spacial score (nSPS) is 17.8. The molecule has 5 heterocycles. The lowest BCUT2D eigenvalue weighted by molar-refractivity contribution is -0.138. The molecule has 13 heteroatoms. The zero-order valence-electron chi connectivity index (χ0n) is 25.2. The van der Waals surface area contributed by atoms with Crippen molar-refractivity contribution in [2.45, 2.75) is 45.6 Å². The molecule has 6 rings (SSSR count). The molecule has 3 N–H and O–H groups in total. The Morgan fingerprint density at radius 3 is 2.62 bits per heavy atom. The number of carbonyl (C=O) groups is 1. The predicted octanol–water partition coefficient (Wildman–Crippen LogP) is 5.55. The van der Waals surface area contributed by atoms with Crippen molar-refractivity contribution in [2.24, 2.45) is 0 Å². The van der Waals surface area contributed by atoms with Crippen LogP contribution in [-0.2, 0) is 25.9 Å². The molecule has 2 aliphatic rings. The molecule has 1 atom stereocenters. The first-order valence-electron chi connectivity index (χ1n) is 15.1. The first-order valence-corrected chi connectivity index (χ1v) is 15.1. The number of anilines is 1. The van der Waals surface area contributed by atoms with Gasteiger partial charge in [0.05, 0.1) is 29.4 Å². The van der Waals surface area contributed by atoms with Gasteiger partial charge >= 0.3 is 12.2 Å². The summed E-state index contributed by atoms with van der Waals surface area (Å²) in [5, 5.41) is 12.9. The van der Waals surface area contributed by atoms with Crippen molar-refractivity contribution in [1.82, 2.24) is 29.7 Å². The molecule has 0 unspecified atom stereocenters. The van der Waals surface area contributed by atoms with Crippen molar-refractivity contribution in [3.8, 4) is 11.5 Å². The number of aromatic nitrogens is 3. The molecule has 0 bridgehead atoms. The van der Waals surface area contributed by atoms with Crippen LogP contribution in [0.5, 0.6) is 11.5 Å². The van der Waals surface area contributed by atoms with Crippen LogP contribution in [0.3, 0.4) is 0 Å². The van der Waals surface area contributed by atoms with Gasteiger partial charge in [-0.25, -0.2) is 9.78 Å². The molecule has 2 amide bonds. The third-order valence-corrected chi connectivity index (χ3v) is 8.50. The second-order valence-corrected chi connectivity index (χ2v) is 11.6.